The molecule has 0 N–H and O–H groups in total. The van der Waals surface area contributed by atoms with Crippen molar-refractivity contribution in [1.82, 2.24) is 9.38 Å². The number of nitrogens with zero attached hydrogens (tertiary/aromatic N) is 2. The molecule has 2 aromatic heterocycles. The summed E-state index contributed by atoms with van der Waals surface area (Å²) in [7, 11) is 1.62. The normalized spacial score (nSPS) is 11.9. The fourth-order valence-corrected chi connectivity index (χ4v) is 4.69. The van der Waals surface area contributed by atoms with E-state index in [-0.39, 0.29) is 5.56 Å². The first-order valence-electron chi connectivity index (χ1n) is 11.0. The molecule has 0 saturated heterocycles. The van der Waals surface area contributed by atoms with Gasteiger partial charge < -0.3 is 14.2 Å². The number of fused-ring (bicyclic) bond motifs is 3. The first kappa shape index (κ1) is 22.0. The number of benzene rings is 3. The molecule has 6 nitrogen and oxygen atoms in total. The van der Waals surface area contributed by atoms with Gasteiger partial charge in [0, 0.05) is 12.0 Å². The van der Waals surface area contributed by atoms with Crippen LogP contribution in [0.4, 0.5) is 0 Å². The number of methoxy groups -OCH3 is 1. The zero-order chi connectivity index (χ0) is 23.5. The fourth-order valence-electron chi connectivity index (χ4n) is 3.72. The van der Waals surface area contributed by atoms with Gasteiger partial charge in [0.2, 0.25) is 0 Å². The Morgan fingerprint density at radius 3 is 2.56 bits per heavy atom. The predicted octanol–water partition coefficient (Wildman–Crippen LogP) is 4.62. The number of ether oxygens (including phenoxy) is 3. The molecule has 5 aromatic rings. The molecule has 0 atom stereocenters. The van der Waals surface area contributed by atoms with Crippen molar-refractivity contribution >= 4 is 33.4 Å². The van der Waals surface area contributed by atoms with E-state index >= 15 is 0 Å². The SMILES string of the molecule is COc1ccc(OCCCOc2ccc(C)cc2)c(C=c2sc3nc4ccccc4n3c2=O)c1. The number of aryl methyl sites for hydroxylation is 1. The van der Waals surface area contributed by atoms with Crippen molar-refractivity contribution in [3.05, 3.63) is 92.7 Å². The molecule has 3 aromatic carbocycles. The molecular weight excluding hydrogens is 448 g/mol. The van der Waals surface area contributed by atoms with Gasteiger partial charge >= 0.3 is 0 Å². The lowest BCUT2D eigenvalue weighted by molar-refractivity contribution is 0.247. The van der Waals surface area contributed by atoms with Gasteiger partial charge in [-0.2, -0.15) is 0 Å². The minimum atomic E-state index is -0.0889. The molecule has 0 spiro atoms. The van der Waals surface area contributed by atoms with Gasteiger partial charge in [-0.05, 0) is 55.5 Å². The summed E-state index contributed by atoms with van der Waals surface area (Å²) in [6.07, 6.45) is 2.57. The maximum absolute atomic E-state index is 13.1. The second-order valence-electron chi connectivity index (χ2n) is 7.90. The Morgan fingerprint density at radius 2 is 1.74 bits per heavy atom. The smallest absolute Gasteiger partial charge is 0.274 e. The minimum Gasteiger partial charge on any atom is -0.497 e. The summed E-state index contributed by atoms with van der Waals surface area (Å²) in [5.41, 5.74) is 3.52. The summed E-state index contributed by atoms with van der Waals surface area (Å²) < 4.78 is 19.5. The van der Waals surface area contributed by atoms with Crippen LogP contribution in [0, 0.1) is 6.92 Å². The van der Waals surface area contributed by atoms with Crippen molar-refractivity contribution in [2.75, 3.05) is 20.3 Å². The van der Waals surface area contributed by atoms with Crippen LogP contribution >= 0.6 is 11.3 Å². The molecule has 7 heteroatoms. The lowest BCUT2D eigenvalue weighted by Crippen LogP contribution is -2.22. The van der Waals surface area contributed by atoms with E-state index in [1.165, 1.54) is 16.9 Å². The van der Waals surface area contributed by atoms with E-state index in [2.05, 4.69) is 4.98 Å². The second kappa shape index (κ2) is 9.57. The molecule has 172 valence electrons. The van der Waals surface area contributed by atoms with Crippen LogP contribution in [0.5, 0.6) is 17.2 Å². The quantitative estimate of drug-likeness (QED) is 0.308. The summed E-state index contributed by atoms with van der Waals surface area (Å²) >= 11 is 1.36. The van der Waals surface area contributed by atoms with E-state index < -0.39 is 0 Å². The topological polar surface area (TPSA) is 62.1 Å². The van der Waals surface area contributed by atoms with Crippen LogP contribution in [-0.4, -0.2) is 29.7 Å². The lowest BCUT2D eigenvalue weighted by Gasteiger charge is -2.11. The van der Waals surface area contributed by atoms with Gasteiger partial charge in [0.05, 0.1) is 35.9 Å². The standard InChI is InChI=1S/C27H24N2O4S/c1-18-8-10-20(11-9-18)32-14-5-15-33-24-13-12-21(31-2)16-19(24)17-25-26(30)29-23-7-4-3-6-22(23)28-27(29)34-25/h3-4,6-13,16-17H,5,14-15H2,1-2H3. The third-order valence-electron chi connectivity index (χ3n) is 5.48. The highest BCUT2D eigenvalue weighted by Crippen LogP contribution is 2.25. The number of aromatic nitrogens is 2. The molecule has 0 bridgehead atoms. The minimum absolute atomic E-state index is 0.0889. The van der Waals surface area contributed by atoms with Crippen LogP contribution in [0.2, 0.25) is 0 Å². The van der Waals surface area contributed by atoms with Crippen molar-refractivity contribution in [2.45, 2.75) is 13.3 Å². The molecule has 0 radical (unpaired) electrons. The average molecular weight is 473 g/mol. The maximum atomic E-state index is 13.1. The third-order valence-corrected chi connectivity index (χ3v) is 6.45. The van der Waals surface area contributed by atoms with Gasteiger partial charge in [0.25, 0.3) is 5.56 Å². The third kappa shape index (κ3) is 4.47. The van der Waals surface area contributed by atoms with Crippen molar-refractivity contribution in [1.29, 1.82) is 0 Å². The van der Waals surface area contributed by atoms with E-state index in [0.717, 1.165) is 28.8 Å². The maximum Gasteiger partial charge on any atom is 0.274 e. The first-order chi connectivity index (χ1) is 16.6. The number of hydrogen-bond donors (Lipinski definition) is 0. The highest BCUT2D eigenvalue weighted by Gasteiger charge is 2.12. The Bertz CT molecular complexity index is 1550. The largest absolute Gasteiger partial charge is 0.497 e. The summed E-state index contributed by atoms with van der Waals surface area (Å²) in [5, 5.41) is 0. The molecule has 0 fully saturated rings. The van der Waals surface area contributed by atoms with Crippen LogP contribution in [0.3, 0.4) is 0 Å². The van der Waals surface area contributed by atoms with E-state index in [9.17, 15) is 4.79 Å². The zero-order valence-electron chi connectivity index (χ0n) is 19.0. The van der Waals surface area contributed by atoms with E-state index in [0.29, 0.717) is 34.2 Å². The summed E-state index contributed by atoms with van der Waals surface area (Å²) in [5.74, 6) is 2.23. The molecule has 0 amide bonds. The van der Waals surface area contributed by atoms with Gasteiger partial charge in [-0.25, -0.2) is 9.38 Å². The van der Waals surface area contributed by atoms with Crippen molar-refractivity contribution in [3.8, 4) is 17.2 Å². The number of thiazole rings is 1. The summed E-state index contributed by atoms with van der Waals surface area (Å²) in [6.45, 7) is 3.09. The lowest BCUT2D eigenvalue weighted by atomic mass is 10.2. The number of para-hydroxylation sites is 2. The Kier molecular flexibility index (Phi) is 6.18. The van der Waals surface area contributed by atoms with Gasteiger partial charge in [-0.3, -0.25) is 4.79 Å². The second-order valence-corrected chi connectivity index (χ2v) is 8.91. The highest BCUT2D eigenvalue weighted by molar-refractivity contribution is 7.15. The van der Waals surface area contributed by atoms with Crippen LogP contribution in [0.1, 0.15) is 17.5 Å². The van der Waals surface area contributed by atoms with Crippen LogP contribution < -0.4 is 24.3 Å². The molecule has 0 aliphatic rings. The van der Waals surface area contributed by atoms with Crippen LogP contribution in [0.25, 0.3) is 22.1 Å². The number of hydrogen-bond acceptors (Lipinski definition) is 6. The van der Waals surface area contributed by atoms with E-state index in [1.807, 2.05) is 79.7 Å². The molecule has 0 aliphatic heterocycles. The fraction of sp³-hybridized carbons (Fsp3) is 0.185. The Labute approximate surface area is 200 Å². The summed E-state index contributed by atoms with van der Waals surface area (Å²) in [6, 6.07) is 21.2. The monoisotopic (exact) mass is 472 g/mol. The molecule has 5 rings (SSSR count). The Morgan fingerprint density at radius 1 is 0.971 bits per heavy atom. The van der Waals surface area contributed by atoms with Gasteiger partial charge in [0.1, 0.15) is 17.2 Å². The van der Waals surface area contributed by atoms with Crippen molar-refractivity contribution < 1.29 is 14.2 Å². The molecule has 0 saturated carbocycles. The van der Waals surface area contributed by atoms with E-state index in [1.54, 1.807) is 11.5 Å². The van der Waals surface area contributed by atoms with Gasteiger partial charge in [-0.15, -0.1) is 0 Å². The predicted molar refractivity (Wildman–Crippen MR) is 135 cm³/mol. The number of imidazole rings is 1. The molecule has 34 heavy (non-hydrogen) atoms. The average Bonchev–Trinajstić information content (AvgIpc) is 3.36. The number of rotatable bonds is 8. The first-order valence-corrected chi connectivity index (χ1v) is 11.9. The Hall–Kier alpha value is -3.84. The molecule has 0 unspecified atom stereocenters. The Balaban J connectivity index is 1.36. The van der Waals surface area contributed by atoms with Crippen molar-refractivity contribution in [2.24, 2.45) is 0 Å². The molecule has 2 heterocycles. The van der Waals surface area contributed by atoms with Crippen LogP contribution in [-0.2, 0) is 0 Å². The molecular formula is C27H24N2O4S. The van der Waals surface area contributed by atoms with E-state index in [4.69, 9.17) is 14.2 Å². The van der Waals surface area contributed by atoms with Crippen molar-refractivity contribution in [3.63, 3.8) is 0 Å². The van der Waals surface area contributed by atoms with Crippen LogP contribution in [0.15, 0.2) is 71.5 Å². The highest BCUT2D eigenvalue weighted by atomic mass is 32.1. The molecule has 0 aliphatic carbocycles. The summed E-state index contributed by atoms with van der Waals surface area (Å²) in [4.78, 5) is 18.4. The zero-order valence-corrected chi connectivity index (χ0v) is 19.8. The van der Waals surface area contributed by atoms with Gasteiger partial charge in [0.15, 0.2) is 4.96 Å². The van der Waals surface area contributed by atoms with Gasteiger partial charge in [-0.1, -0.05) is 41.2 Å².